The third-order valence-electron chi connectivity index (χ3n) is 4.55. The molecule has 1 saturated heterocycles. The minimum Gasteiger partial charge on any atom is -0.339 e. The molecule has 142 valence electrons. The van der Waals surface area contributed by atoms with Gasteiger partial charge in [0.25, 0.3) is 0 Å². The molecule has 0 radical (unpaired) electrons. The Kier molecular flexibility index (Phi) is 9.66. The molecule has 0 aromatic heterocycles. The zero-order valence-electron chi connectivity index (χ0n) is 14.8. The highest BCUT2D eigenvalue weighted by atomic mass is 35.5. The van der Waals surface area contributed by atoms with Gasteiger partial charge < -0.3 is 10.6 Å². The van der Waals surface area contributed by atoms with Crippen LogP contribution in [-0.2, 0) is 17.8 Å². The highest BCUT2D eigenvalue weighted by Crippen LogP contribution is 2.10. The lowest BCUT2D eigenvalue weighted by atomic mass is 10.1. The quantitative estimate of drug-likeness (QED) is 0.846. The summed E-state index contributed by atoms with van der Waals surface area (Å²) in [5.74, 6) is 0.0678. The Bertz CT molecular complexity index is 647. The van der Waals surface area contributed by atoms with Gasteiger partial charge in [0.1, 0.15) is 0 Å². The number of nitrogens with zero attached hydrogens (tertiary/aromatic N) is 2. The Morgan fingerprint density at radius 2 is 1.35 bits per heavy atom. The lowest BCUT2D eigenvalue weighted by Gasteiger charge is -2.36. The van der Waals surface area contributed by atoms with Crippen molar-refractivity contribution in [3.8, 4) is 0 Å². The number of halogens is 2. The SMILES string of the molecule is Cl.Cl.NC(Cc1ccccc1)C(=O)N1CCN(Cc2ccccc2)CC1. The zero-order valence-corrected chi connectivity index (χ0v) is 16.4. The highest BCUT2D eigenvalue weighted by molar-refractivity contribution is 5.85. The summed E-state index contributed by atoms with van der Waals surface area (Å²) in [6.07, 6.45) is 0.601. The van der Waals surface area contributed by atoms with Gasteiger partial charge in [0.15, 0.2) is 0 Å². The first-order chi connectivity index (χ1) is 11.7. The van der Waals surface area contributed by atoms with Crippen LogP contribution in [0, 0.1) is 0 Å². The van der Waals surface area contributed by atoms with Crippen molar-refractivity contribution in [2.45, 2.75) is 19.0 Å². The number of amides is 1. The van der Waals surface area contributed by atoms with E-state index in [1.54, 1.807) is 0 Å². The van der Waals surface area contributed by atoms with Crippen molar-refractivity contribution >= 4 is 30.7 Å². The number of carbonyl (C=O) groups is 1. The fourth-order valence-electron chi connectivity index (χ4n) is 3.16. The first-order valence-corrected chi connectivity index (χ1v) is 8.57. The monoisotopic (exact) mass is 395 g/mol. The van der Waals surface area contributed by atoms with E-state index in [0.717, 1.165) is 38.3 Å². The van der Waals surface area contributed by atoms with E-state index < -0.39 is 6.04 Å². The second-order valence-electron chi connectivity index (χ2n) is 6.38. The van der Waals surface area contributed by atoms with Crippen LogP contribution in [0.25, 0.3) is 0 Å². The van der Waals surface area contributed by atoms with Gasteiger partial charge >= 0.3 is 0 Å². The number of nitrogens with two attached hydrogens (primary N) is 1. The van der Waals surface area contributed by atoms with Gasteiger partial charge in [-0.25, -0.2) is 0 Å². The molecule has 1 unspecified atom stereocenters. The minimum absolute atomic E-state index is 0. The molecule has 2 aromatic rings. The molecule has 3 rings (SSSR count). The summed E-state index contributed by atoms with van der Waals surface area (Å²) >= 11 is 0. The standard InChI is InChI=1S/C20H25N3O.2ClH/c21-19(15-17-7-3-1-4-8-17)20(24)23-13-11-22(12-14-23)16-18-9-5-2-6-10-18;;/h1-10,19H,11-16,21H2;2*1H. The van der Waals surface area contributed by atoms with Crippen molar-refractivity contribution in [1.82, 2.24) is 9.80 Å². The predicted octanol–water partition coefficient (Wildman–Crippen LogP) is 2.74. The van der Waals surface area contributed by atoms with Crippen molar-refractivity contribution in [3.63, 3.8) is 0 Å². The Balaban J connectivity index is 0.00000169. The Hall–Kier alpha value is -1.59. The second-order valence-corrected chi connectivity index (χ2v) is 6.38. The maximum Gasteiger partial charge on any atom is 0.239 e. The molecular weight excluding hydrogens is 369 g/mol. The number of rotatable bonds is 5. The number of hydrogen-bond acceptors (Lipinski definition) is 3. The highest BCUT2D eigenvalue weighted by Gasteiger charge is 2.25. The van der Waals surface area contributed by atoms with Crippen molar-refractivity contribution < 1.29 is 4.79 Å². The Morgan fingerprint density at radius 3 is 1.88 bits per heavy atom. The smallest absolute Gasteiger partial charge is 0.239 e. The van der Waals surface area contributed by atoms with Gasteiger partial charge in [0.05, 0.1) is 6.04 Å². The molecule has 0 bridgehead atoms. The summed E-state index contributed by atoms with van der Waals surface area (Å²) in [5.41, 5.74) is 8.56. The number of benzene rings is 2. The molecule has 6 heteroatoms. The molecule has 0 spiro atoms. The molecule has 1 aliphatic rings. The predicted molar refractivity (Wildman–Crippen MR) is 111 cm³/mol. The largest absolute Gasteiger partial charge is 0.339 e. The van der Waals surface area contributed by atoms with E-state index in [4.69, 9.17) is 5.73 Å². The number of carbonyl (C=O) groups excluding carboxylic acids is 1. The van der Waals surface area contributed by atoms with Crippen LogP contribution in [-0.4, -0.2) is 47.9 Å². The summed E-state index contributed by atoms with van der Waals surface area (Å²) in [4.78, 5) is 16.9. The van der Waals surface area contributed by atoms with Gasteiger partial charge in [0.2, 0.25) is 5.91 Å². The molecule has 0 aliphatic carbocycles. The van der Waals surface area contributed by atoms with Crippen molar-refractivity contribution in [1.29, 1.82) is 0 Å². The number of hydrogen-bond donors (Lipinski definition) is 1. The average Bonchev–Trinajstić information content (AvgIpc) is 2.63. The van der Waals surface area contributed by atoms with E-state index in [0.29, 0.717) is 6.42 Å². The first kappa shape index (κ1) is 22.5. The fraction of sp³-hybridized carbons (Fsp3) is 0.350. The first-order valence-electron chi connectivity index (χ1n) is 8.57. The zero-order chi connectivity index (χ0) is 16.8. The molecule has 1 aliphatic heterocycles. The van der Waals surface area contributed by atoms with Crippen LogP contribution in [0.3, 0.4) is 0 Å². The molecular formula is C20H27Cl2N3O. The van der Waals surface area contributed by atoms with Gasteiger partial charge in [0, 0.05) is 32.7 Å². The summed E-state index contributed by atoms with van der Waals surface area (Å²) in [6.45, 7) is 4.26. The van der Waals surface area contributed by atoms with Gasteiger partial charge in [-0.05, 0) is 17.5 Å². The molecule has 2 aromatic carbocycles. The van der Waals surface area contributed by atoms with Crippen LogP contribution in [0.4, 0.5) is 0 Å². The van der Waals surface area contributed by atoms with E-state index in [1.165, 1.54) is 5.56 Å². The van der Waals surface area contributed by atoms with E-state index in [2.05, 4.69) is 29.2 Å². The van der Waals surface area contributed by atoms with Crippen LogP contribution in [0.1, 0.15) is 11.1 Å². The lowest BCUT2D eigenvalue weighted by Crippen LogP contribution is -2.53. The maximum absolute atomic E-state index is 12.5. The summed E-state index contributed by atoms with van der Waals surface area (Å²) in [7, 11) is 0. The van der Waals surface area contributed by atoms with Gasteiger partial charge in [-0.2, -0.15) is 0 Å². The Labute approximate surface area is 168 Å². The third kappa shape index (κ3) is 6.29. The summed E-state index contributed by atoms with van der Waals surface area (Å²) < 4.78 is 0. The molecule has 1 fully saturated rings. The van der Waals surface area contributed by atoms with Gasteiger partial charge in [-0.1, -0.05) is 60.7 Å². The maximum atomic E-state index is 12.5. The van der Waals surface area contributed by atoms with E-state index in [1.807, 2.05) is 41.3 Å². The van der Waals surface area contributed by atoms with Crippen LogP contribution in [0.15, 0.2) is 60.7 Å². The van der Waals surface area contributed by atoms with Crippen LogP contribution < -0.4 is 5.73 Å². The average molecular weight is 396 g/mol. The van der Waals surface area contributed by atoms with Crippen LogP contribution >= 0.6 is 24.8 Å². The normalized spacial score (nSPS) is 15.5. The number of piperazine rings is 1. The molecule has 1 heterocycles. The second kappa shape index (κ2) is 11.2. The molecule has 0 saturated carbocycles. The van der Waals surface area contributed by atoms with E-state index >= 15 is 0 Å². The van der Waals surface area contributed by atoms with E-state index in [9.17, 15) is 4.79 Å². The molecule has 26 heavy (non-hydrogen) atoms. The molecule has 4 nitrogen and oxygen atoms in total. The lowest BCUT2D eigenvalue weighted by molar-refractivity contribution is -0.134. The summed E-state index contributed by atoms with van der Waals surface area (Å²) in [5, 5.41) is 0. The van der Waals surface area contributed by atoms with Gasteiger partial charge in [-0.3, -0.25) is 9.69 Å². The molecule has 1 atom stereocenters. The third-order valence-corrected chi connectivity index (χ3v) is 4.55. The fourth-order valence-corrected chi connectivity index (χ4v) is 3.16. The van der Waals surface area contributed by atoms with Crippen molar-refractivity contribution in [3.05, 3.63) is 71.8 Å². The van der Waals surface area contributed by atoms with E-state index in [-0.39, 0.29) is 30.7 Å². The topological polar surface area (TPSA) is 49.6 Å². The molecule has 2 N–H and O–H groups in total. The Morgan fingerprint density at radius 1 is 0.846 bits per heavy atom. The van der Waals surface area contributed by atoms with Crippen LogP contribution in [0.2, 0.25) is 0 Å². The van der Waals surface area contributed by atoms with Crippen LogP contribution in [0.5, 0.6) is 0 Å². The van der Waals surface area contributed by atoms with Crippen molar-refractivity contribution in [2.75, 3.05) is 26.2 Å². The van der Waals surface area contributed by atoms with Crippen molar-refractivity contribution in [2.24, 2.45) is 5.73 Å². The molecule has 1 amide bonds. The minimum atomic E-state index is -0.451. The van der Waals surface area contributed by atoms with Gasteiger partial charge in [-0.15, -0.1) is 24.8 Å². The summed E-state index contributed by atoms with van der Waals surface area (Å²) in [6, 6.07) is 20.0.